The van der Waals surface area contributed by atoms with Crippen LogP contribution in [0.4, 0.5) is 5.69 Å². The predicted octanol–water partition coefficient (Wildman–Crippen LogP) is 4.83. The molecule has 0 heterocycles. The first-order valence-corrected chi connectivity index (χ1v) is 8.16. The second kappa shape index (κ2) is 8.18. The van der Waals surface area contributed by atoms with E-state index < -0.39 is 17.8 Å². The van der Waals surface area contributed by atoms with Crippen LogP contribution in [0.15, 0.2) is 48.5 Å². The van der Waals surface area contributed by atoms with Crippen LogP contribution >= 0.6 is 23.2 Å². The van der Waals surface area contributed by atoms with Gasteiger partial charge in [-0.25, -0.2) is 0 Å². The third-order valence-corrected chi connectivity index (χ3v) is 4.42. The maximum atomic E-state index is 12.3. The number of benzene rings is 2. The zero-order valence-corrected chi connectivity index (χ0v) is 14.5. The summed E-state index contributed by atoms with van der Waals surface area (Å²) in [6.07, 6.45) is -0.158. The molecule has 2 atom stereocenters. The van der Waals surface area contributed by atoms with Gasteiger partial charge in [0.2, 0.25) is 5.91 Å². The lowest BCUT2D eigenvalue weighted by Crippen LogP contribution is -2.26. The number of carbonyl (C=O) groups excluding carboxylic acids is 1. The fourth-order valence-electron chi connectivity index (χ4n) is 2.46. The average molecular weight is 366 g/mol. The Bertz CT molecular complexity index is 734. The Morgan fingerprint density at radius 2 is 1.79 bits per heavy atom. The average Bonchev–Trinajstić information content (AvgIpc) is 2.56. The lowest BCUT2D eigenvalue weighted by atomic mass is 9.85. The van der Waals surface area contributed by atoms with E-state index in [1.54, 1.807) is 19.1 Å². The molecular weight excluding hydrogens is 349 g/mol. The summed E-state index contributed by atoms with van der Waals surface area (Å²) in [7, 11) is 0. The van der Waals surface area contributed by atoms with Crippen molar-refractivity contribution >= 4 is 40.8 Å². The minimum absolute atomic E-state index is 0.158. The van der Waals surface area contributed by atoms with Gasteiger partial charge < -0.3 is 10.4 Å². The molecular formula is C18H17Cl2NO3. The Morgan fingerprint density at radius 3 is 2.42 bits per heavy atom. The Morgan fingerprint density at radius 1 is 1.12 bits per heavy atom. The van der Waals surface area contributed by atoms with Crippen LogP contribution in [0, 0.1) is 5.92 Å². The summed E-state index contributed by atoms with van der Waals surface area (Å²) in [6.45, 7) is 1.80. The summed E-state index contributed by atoms with van der Waals surface area (Å²) in [5, 5.41) is 12.9. The number of carboxylic acid groups (broad SMARTS) is 1. The summed E-state index contributed by atoms with van der Waals surface area (Å²) >= 11 is 11.9. The highest BCUT2D eigenvalue weighted by Gasteiger charge is 2.28. The van der Waals surface area contributed by atoms with Crippen LogP contribution < -0.4 is 5.32 Å². The first-order chi connectivity index (χ1) is 11.4. The van der Waals surface area contributed by atoms with Crippen molar-refractivity contribution in [2.24, 2.45) is 5.92 Å². The molecule has 0 aliphatic carbocycles. The lowest BCUT2D eigenvalue weighted by molar-refractivity contribution is -0.144. The molecule has 0 aliphatic heterocycles. The molecule has 1 amide bonds. The van der Waals surface area contributed by atoms with Crippen molar-refractivity contribution in [3.63, 3.8) is 0 Å². The summed E-state index contributed by atoms with van der Waals surface area (Å²) in [5.41, 5.74) is 1.24. The van der Waals surface area contributed by atoms with Gasteiger partial charge in [-0.3, -0.25) is 9.59 Å². The van der Waals surface area contributed by atoms with Gasteiger partial charge in [0.25, 0.3) is 0 Å². The van der Waals surface area contributed by atoms with E-state index >= 15 is 0 Å². The fourth-order valence-corrected chi connectivity index (χ4v) is 2.80. The van der Waals surface area contributed by atoms with Gasteiger partial charge in [0.1, 0.15) is 0 Å². The van der Waals surface area contributed by atoms with Crippen molar-refractivity contribution in [2.45, 2.75) is 19.3 Å². The van der Waals surface area contributed by atoms with Crippen LogP contribution in [0.1, 0.15) is 24.8 Å². The molecule has 2 N–H and O–H groups in total. The third kappa shape index (κ3) is 4.73. The number of rotatable bonds is 6. The number of hydrogen-bond donors (Lipinski definition) is 2. The highest BCUT2D eigenvalue weighted by molar-refractivity contribution is 6.35. The zero-order chi connectivity index (χ0) is 17.7. The number of carbonyl (C=O) groups is 2. The van der Waals surface area contributed by atoms with Crippen molar-refractivity contribution in [3.8, 4) is 0 Å². The quantitative estimate of drug-likeness (QED) is 0.770. The van der Waals surface area contributed by atoms with Gasteiger partial charge in [0, 0.05) is 11.4 Å². The first kappa shape index (κ1) is 18.3. The summed E-state index contributed by atoms with van der Waals surface area (Å²) in [4.78, 5) is 23.8. The lowest BCUT2D eigenvalue weighted by Gasteiger charge is -2.20. The van der Waals surface area contributed by atoms with Crippen LogP contribution in [0.5, 0.6) is 0 Å². The predicted molar refractivity (Wildman–Crippen MR) is 95.7 cm³/mol. The SMILES string of the molecule is CC(c1ccccc1)C(CC(=O)Nc1cc(Cl)ccc1Cl)C(=O)O. The molecule has 2 rings (SSSR count). The number of anilines is 1. The first-order valence-electron chi connectivity index (χ1n) is 7.41. The third-order valence-electron chi connectivity index (χ3n) is 3.85. The van der Waals surface area contributed by atoms with Crippen molar-refractivity contribution in [3.05, 3.63) is 64.1 Å². The van der Waals surface area contributed by atoms with Crippen LogP contribution in [-0.4, -0.2) is 17.0 Å². The molecule has 126 valence electrons. The number of carboxylic acids is 1. The smallest absolute Gasteiger partial charge is 0.307 e. The van der Waals surface area contributed by atoms with Crippen molar-refractivity contribution < 1.29 is 14.7 Å². The van der Waals surface area contributed by atoms with Crippen LogP contribution in [0.2, 0.25) is 10.0 Å². The molecule has 2 aromatic rings. The number of halogens is 2. The van der Waals surface area contributed by atoms with Crippen molar-refractivity contribution in [2.75, 3.05) is 5.32 Å². The van der Waals surface area contributed by atoms with E-state index in [0.29, 0.717) is 15.7 Å². The Hall–Kier alpha value is -2.04. The van der Waals surface area contributed by atoms with Gasteiger partial charge in [-0.1, -0.05) is 60.5 Å². The molecule has 0 radical (unpaired) electrons. The van der Waals surface area contributed by atoms with Gasteiger partial charge in [-0.2, -0.15) is 0 Å². The van der Waals surface area contributed by atoms with Gasteiger partial charge in [-0.15, -0.1) is 0 Å². The maximum Gasteiger partial charge on any atom is 0.307 e. The van der Waals surface area contributed by atoms with Crippen molar-refractivity contribution in [1.82, 2.24) is 0 Å². The molecule has 6 heteroatoms. The Kier molecular flexibility index (Phi) is 6.23. The van der Waals surface area contributed by atoms with E-state index in [4.69, 9.17) is 23.2 Å². The number of nitrogens with one attached hydrogen (secondary N) is 1. The monoisotopic (exact) mass is 365 g/mol. The van der Waals surface area contributed by atoms with Gasteiger partial charge in [0.05, 0.1) is 16.6 Å². The maximum absolute atomic E-state index is 12.3. The molecule has 0 saturated heterocycles. The van der Waals surface area contributed by atoms with E-state index in [-0.39, 0.29) is 12.3 Å². The molecule has 0 fully saturated rings. The summed E-state index contributed by atoms with van der Waals surface area (Å²) in [5.74, 6) is -2.58. The number of hydrogen-bond acceptors (Lipinski definition) is 2. The molecule has 0 spiro atoms. The zero-order valence-electron chi connectivity index (χ0n) is 13.0. The standard InChI is InChI=1S/C18H17Cl2NO3/c1-11(12-5-3-2-4-6-12)14(18(23)24)10-17(22)21-16-9-13(19)7-8-15(16)20/h2-9,11,14H,10H2,1H3,(H,21,22)(H,23,24). The van der Waals surface area contributed by atoms with Crippen LogP contribution in [-0.2, 0) is 9.59 Å². The van der Waals surface area contributed by atoms with E-state index in [1.165, 1.54) is 6.07 Å². The minimum atomic E-state index is -1.02. The van der Waals surface area contributed by atoms with E-state index in [0.717, 1.165) is 5.56 Å². The largest absolute Gasteiger partial charge is 0.481 e. The van der Waals surface area contributed by atoms with Gasteiger partial charge in [0.15, 0.2) is 0 Å². The van der Waals surface area contributed by atoms with E-state index in [1.807, 2.05) is 30.3 Å². The molecule has 2 aromatic carbocycles. The second-order valence-electron chi connectivity index (χ2n) is 5.52. The van der Waals surface area contributed by atoms with Crippen LogP contribution in [0.25, 0.3) is 0 Å². The normalized spacial score (nSPS) is 13.1. The summed E-state index contributed by atoms with van der Waals surface area (Å²) < 4.78 is 0. The Labute approximate surface area is 150 Å². The molecule has 0 aromatic heterocycles. The molecule has 0 aliphatic rings. The summed E-state index contributed by atoms with van der Waals surface area (Å²) in [6, 6.07) is 14.0. The molecule has 0 bridgehead atoms. The minimum Gasteiger partial charge on any atom is -0.481 e. The van der Waals surface area contributed by atoms with Crippen LogP contribution in [0.3, 0.4) is 0 Å². The van der Waals surface area contributed by atoms with Gasteiger partial charge >= 0.3 is 5.97 Å². The highest BCUT2D eigenvalue weighted by Crippen LogP contribution is 2.29. The van der Waals surface area contributed by atoms with Gasteiger partial charge in [-0.05, 0) is 29.7 Å². The molecule has 24 heavy (non-hydrogen) atoms. The van der Waals surface area contributed by atoms with E-state index in [2.05, 4.69) is 5.32 Å². The Balaban J connectivity index is 2.11. The highest BCUT2D eigenvalue weighted by atomic mass is 35.5. The number of amides is 1. The molecule has 4 nitrogen and oxygen atoms in total. The molecule has 0 saturated carbocycles. The fraction of sp³-hybridized carbons (Fsp3) is 0.222. The topological polar surface area (TPSA) is 66.4 Å². The molecule has 2 unspecified atom stereocenters. The second-order valence-corrected chi connectivity index (χ2v) is 6.36. The van der Waals surface area contributed by atoms with Crippen molar-refractivity contribution in [1.29, 1.82) is 0 Å². The number of aliphatic carboxylic acids is 1. The van der Waals surface area contributed by atoms with E-state index in [9.17, 15) is 14.7 Å².